The lowest BCUT2D eigenvalue weighted by molar-refractivity contribution is -0.0698. The summed E-state index contributed by atoms with van der Waals surface area (Å²) in [6, 6.07) is -11.5. The van der Waals surface area contributed by atoms with Gasteiger partial charge in [-0.1, -0.05) is 57.7 Å². The molecule has 1 saturated heterocycles. The molecule has 10 rings (SSSR count). The summed E-state index contributed by atoms with van der Waals surface area (Å²) >= 11 is 9.90. The zero-order valence-corrected chi connectivity index (χ0v) is 67.8. The molecule has 0 spiro atoms. The van der Waals surface area contributed by atoms with Gasteiger partial charge in [0.1, 0.15) is 124 Å². The number of nitrogens with zero attached hydrogens (tertiary/aromatic N) is 16. The minimum Gasteiger partial charge on any atom is -0.495 e. The third-order valence-electron chi connectivity index (χ3n) is 18.9. The van der Waals surface area contributed by atoms with Crippen LogP contribution in [0.4, 0.5) is 0 Å². The molecule has 114 heavy (non-hydrogen) atoms. The van der Waals surface area contributed by atoms with E-state index in [0.717, 1.165) is 57.1 Å². The Morgan fingerprint density at radius 2 is 1.50 bits per heavy atom. The average Bonchev–Trinajstić information content (AvgIpc) is 1.46. The smallest absolute Gasteiger partial charge is 0.357 e. The van der Waals surface area contributed by atoms with E-state index in [1.165, 1.54) is 76.7 Å². The van der Waals surface area contributed by atoms with Gasteiger partial charge in [0.15, 0.2) is 11.9 Å². The molecule has 5 aliphatic rings. The largest absolute Gasteiger partial charge is 0.495 e. The van der Waals surface area contributed by atoms with Crippen LogP contribution in [-0.4, -0.2) is 242 Å². The second-order valence-electron chi connectivity index (χ2n) is 27.3. The van der Waals surface area contributed by atoms with Crippen molar-refractivity contribution in [3.05, 3.63) is 148 Å². The van der Waals surface area contributed by atoms with Gasteiger partial charge in [-0.05, 0) is 86.3 Å². The lowest BCUT2D eigenvalue weighted by Crippen LogP contribution is -2.48. The molecule has 17 unspecified atom stereocenters. The van der Waals surface area contributed by atoms with Crippen LogP contribution in [0.3, 0.4) is 0 Å². The maximum atomic E-state index is 15.1. The van der Waals surface area contributed by atoms with Crippen LogP contribution >= 0.6 is 69.7 Å². The number of thiol groups is 1. The molecule has 1 aliphatic carbocycles. The number of aliphatic imine (C=N–C) groups is 11. The number of carbonyl (C=O) groups excluding carboxylic acids is 1. The Morgan fingerprint density at radius 3 is 2.18 bits per heavy atom. The maximum Gasteiger partial charge on any atom is 0.357 e. The van der Waals surface area contributed by atoms with Crippen molar-refractivity contribution in [1.29, 1.82) is 5.41 Å². The number of hydrogen-bond acceptors (Lipinski definition) is 31. The maximum absolute atomic E-state index is 15.1. The summed E-state index contributed by atoms with van der Waals surface area (Å²) in [6.45, 7) is 23.9. The lowest BCUT2D eigenvalue weighted by Gasteiger charge is -2.43. The fourth-order valence-electron chi connectivity index (χ4n) is 12.2. The Kier molecular flexibility index (Phi) is 27.7. The van der Waals surface area contributed by atoms with E-state index >= 15 is 4.79 Å². The Bertz CT molecular complexity index is 4970. The molecule has 0 saturated carbocycles. The predicted octanol–water partition coefficient (Wildman–Crippen LogP) is 9.79. The van der Waals surface area contributed by atoms with Crippen molar-refractivity contribution in [2.45, 2.75) is 196 Å². The first-order valence-electron chi connectivity index (χ1n) is 35.5. The molecular formula is C72H87N19O17S6. The molecule has 13 bridgehead atoms. The van der Waals surface area contributed by atoms with Gasteiger partial charge in [0.25, 0.3) is 0 Å². The SMILES string of the molecule is C=C(N=C(O)C(=C)N=C(O)c1csc(C2CCC34N=C(O)C(C)N=C(O)C(=C)N=C(O)C(C)N=C(O)C(CCCC)NC5C=Cc6c(C(C)O)cc(nc6C5O)C(=O)OC(C)C(N=C(S)c5csc(n5)C(C(C)(O)C(C)O)N=C(O)C5CSC(=N5)C(=CC)N=C(O)C(C(C)O)N=C(O)c5csc3n5)c3nc(cs3)C4N2)n1)C(=N)O. The number of piperidine rings is 1. The van der Waals surface area contributed by atoms with Gasteiger partial charge in [-0.2, -0.15) is 0 Å². The van der Waals surface area contributed by atoms with Gasteiger partial charge in [-0.3, -0.25) is 26.0 Å². The highest BCUT2D eigenvalue weighted by Crippen LogP contribution is 2.51. The number of aliphatic hydroxyl groups excluding tert-OH is 14. The van der Waals surface area contributed by atoms with Gasteiger partial charge in [0, 0.05) is 32.8 Å². The number of esters is 1. The van der Waals surface area contributed by atoms with Crippen molar-refractivity contribution < 1.29 is 86.1 Å². The van der Waals surface area contributed by atoms with Crippen LogP contribution in [0.15, 0.2) is 137 Å². The Labute approximate surface area is 678 Å². The number of ether oxygens (including phenoxy) is 1. The van der Waals surface area contributed by atoms with Crippen LogP contribution in [0.5, 0.6) is 0 Å². The number of thioether (sulfide) groups is 1. The second kappa shape index (κ2) is 36.4. The van der Waals surface area contributed by atoms with Gasteiger partial charge in [-0.25, -0.2) is 74.6 Å². The first-order valence-corrected chi connectivity index (χ1v) is 40.5. The summed E-state index contributed by atoms with van der Waals surface area (Å²) in [5.41, 5.74) is -5.89. The first kappa shape index (κ1) is 86.7. The highest BCUT2D eigenvalue weighted by Gasteiger charge is 2.52. The number of thiazole rings is 4. The number of pyridine rings is 1. The number of rotatable bonds is 13. The molecule has 9 heterocycles. The van der Waals surface area contributed by atoms with Crippen LogP contribution in [0, 0.1) is 5.41 Å². The van der Waals surface area contributed by atoms with E-state index in [-0.39, 0.29) is 106 Å². The normalized spacial score (nSPS) is 27.7. The van der Waals surface area contributed by atoms with Gasteiger partial charge in [0.2, 0.25) is 53.1 Å². The number of aromatic nitrogens is 5. The molecule has 36 nitrogen and oxygen atoms in total. The van der Waals surface area contributed by atoms with E-state index in [4.69, 9.17) is 52.7 Å². The number of allylic oxidation sites excluding steroid dienone is 1. The van der Waals surface area contributed by atoms with Gasteiger partial charge in [-0.15, -0.1) is 69.7 Å². The zero-order valence-electron chi connectivity index (χ0n) is 62.8. The third-order valence-corrected chi connectivity index (χ3v) is 24.1. The summed E-state index contributed by atoms with van der Waals surface area (Å²) < 4.78 is 6.37. The number of cyclic esters (lactones) is 1. The Balaban J connectivity index is 1.23. The molecule has 18 N–H and O–H groups in total. The van der Waals surface area contributed by atoms with E-state index in [9.17, 15) is 76.6 Å². The second-order valence-corrected chi connectivity index (χ2v) is 32.3. The summed E-state index contributed by atoms with van der Waals surface area (Å²) in [7, 11) is 0. The third kappa shape index (κ3) is 19.3. The summed E-state index contributed by atoms with van der Waals surface area (Å²) in [5, 5.41) is 193. The molecule has 1 fully saturated rings. The number of carbonyl (C=O) groups is 1. The fourth-order valence-corrected chi connectivity index (χ4v) is 17.4. The number of unbranched alkanes of at least 4 members (excludes halogenated alkanes) is 1. The average molecular weight is 1680 g/mol. The quantitative estimate of drug-likeness (QED) is 0.0225. The van der Waals surface area contributed by atoms with E-state index < -0.39 is 184 Å². The summed E-state index contributed by atoms with van der Waals surface area (Å²) in [6.07, 6.45) is -1.31. The Morgan fingerprint density at radius 1 is 0.798 bits per heavy atom. The molecule has 0 radical (unpaired) electrons. The van der Waals surface area contributed by atoms with Crippen molar-refractivity contribution in [2.24, 2.45) is 54.9 Å². The molecule has 5 aromatic heterocycles. The number of fused-ring (bicyclic) bond motifs is 7. The van der Waals surface area contributed by atoms with E-state index in [2.05, 4.69) is 80.3 Å². The van der Waals surface area contributed by atoms with Crippen molar-refractivity contribution in [3.8, 4) is 0 Å². The Hall–Kier alpha value is -9.70. The highest BCUT2D eigenvalue weighted by atomic mass is 32.2. The molecule has 0 aromatic carbocycles. The van der Waals surface area contributed by atoms with Crippen LogP contribution in [0.2, 0.25) is 0 Å². The highest BCUT2D eigenvalue weighted by molar-refractivity contribution is 8.14. The minimum atomic E-state index is -2.14. The molecule has 5 aromatic rings. The van der Waals surface area contributed by atoms with Crippen LogP contribution < -0.4 is 10.6 Å². The molecular weight excluding hydrogens is 1600 g/mol. The van der Waals surface area contributed by atoms with E-state index in [1.54, 1.807) is 24.5 Å². The fraction of sp³-hybridized carbons (Fsp3) is 0.444. The molecule has 0 amide bonds. The van der Waals surface area contributed by atoms with Crippen molar-refractivity contribution >= 4 is 151 Å². The van der Waals surface area contributed by atoms with Crippen molar-refractivity contribution in [1.82, 2.24) is 35.6 Å². The van der Waals surface area contributed by atoms with Gasteiger partial charge < -0.3 is 81.3 Å². The molecule has 42 heteroatoms. The van der Waals surface area contributed by atoms with Crippen molar-refractivity contribution in [3.63, 3.8) is 0 Å². The summed E-state index contributed by atoms with van der Waals surface area (Å²) in [4.78, 5) is 87.7. The standard InChI is InChI=1S/C72H87N19O17S6/c1-13-15-16-40-59(101)77-30(6)57(99)75-28(4)56(98)76-31(7)58(100)91-72-20-19-41(66-85-44(23-111-66)60(102)78-29(5)55(97)74-27(3)54(73)96)81-52(72)43-22-112-67(83-43)49(34(10)108-69(106)42-21-37(32(8)92)36-17-18-39(79-40)51(95)50(36)80-42)89-64(109)47-26-113-68(86-47)53(71(12,107)35(11)94)90-62(104)45-24-110-65(84-45)38(14-2)82-63(105)48(33(9)93)88-61(103)46-25-114-70(72)87-46/h14,17-18,21-23,25-26,30-35,39-41,45,48-49,51-53,79,81,92-95,107H,3-5,13,15-16,19-20,24H2,1-2,6-12H3,(H2,73,96)(H,74,97)(H,75,99)(H,76,98)(H,77,101)(H,78,102)(H,82,105)(H,88,103)(H,89,109)(H,90,104)(H,91,100). The van der Waals surface area contributed by atoms with E-state index in [0.29, 0.717) is 12.8 Å². The number of hydrogen-bond donors (Lipinski definition) is 19. The summed E-state index contributed by atoms with van der Waals surface area (Å²) in [5.74, 6) is -8.94. The van der Waals surface area contributed by atoms with E-state index in [1.807, 2.05) is 6.92 Å². The van der Waals surface area contributed by atoms with Crippen LogP contribution in [0.25, 0.3) is 6.08 Å². The van der Waals surface area contributed by atoms with Gasteiger partial charge in [0.05, 0.1) is 59.6 Å². The lowest BCUT2D eigenvalue weighted by atomic mass is 9.79. The van der Waals surface area contributed by atoms with Crippen LogP contribution in [-0.2, 0) is 10.3 Å². The molecule has 4 aliphatic heterocycles. The zero-order chi connectivity index (χ0) is 83.3. The van der Waals surface area contributed by atoms with Crippen molar-refractivity contribution in [2.75, 3.05) is 5.75 Å². The molecule has 17 atom stereocenters. The van der Waals surface area contributed by atoms with Crippen LogP contribution in [0.1, 0.15) is 201 Å². The topological polar surface area (TPSA) is 578 Å². The number of nitrogens with one attached hydrogen (secondary N) is 3. The number of aliphatic hydroxyl groups is 15. The monoisotopic (exact) mass is 1680 g/mol. The first-order chi connectivity index (χ1) is 53.8. The minimum absolute atomic E-state index is 0.0117. The predicted molar refractivity (Wildman–Crippen MR) is 444 cm³/mol. The molecule has 608 valence electrons. The van der Waals surface area contributed by atoms with Gasteiger partial charge >= 0.3 is 5.97 Å².